The summed E-state index contributed by atoms with van der Waals surface area (Å²) in [6.45, 7) is 3.73. The molecule has 26 heavy (non-hydrogen) atoms. The molecule has 0 unspecified atom stereocenters. The largest absolute Gasteiger partial charge is 0.280 e. The van der Waals surface area contributed by atoms with Crippen LogP contribution in [-0.2, 0) is 10.0 Å². The Hall–Kier alpha value is -2.74. The van der Waals surface area contributed by atoms with Crippen molar-refractivity contribution in [3.63, 3.8) is 0 Å². The Morgan fingerprint density at radius 3 is 2.46 bits per heavy atom. The molecule has 0 aliphatic heterocycles. The zero-order valence-corrected chi connectivity index (χ0v) is 15.4. The number of tetrazole rings is 1. The molecule has 3 aromatic rings. The third-order valence-corrected chi connectivity index (χ3v) is 5.94. The van der Waals surface area contributed by atoms with Crippen LogP contribution in [0, 0.1) is 13.8 Å². The van der Waals surface area contributed by atoms with Gasteiger partial charge in [-0.25, -0.2) is 13.1 Å². The first-order chi connectivity index (χ1) is 12.4. The van der Waals surface area contributed by atoms with Crippen LogP contribution in [0.15, 0.2) is 47.4 Å². The van der Waals surface area contributed by atoms with Crippen molar-refractivity contribution < 1.29 is 8.42 Å². The molecule has 0 saturated heterocycles. The topological polar surface area (TPSA) is 89.8 Å². The van der Waals surface area contributed by atoms with E-state index in [9.17, 15) is 8.42 Å². The van der Waals surface area contributed by atoms with Gasteiger partial charge in [0.2, 0.25) is 0 Å². The van der Waals surface area contributed by atoms with Crippen molar-refractivity contribution in [1.29, 1.82) is 0 Å². The van der Waals surface area contributed by atoms with Crippen molar-refractivity contribution in [3.8, 4) is 11.4 Å². The summed E-state index contributed by atoms with van der Waals surface area (Å²) in [5.74, 6) is 0.705. The number of hydrogen-bond donors (Lipinski definition) is 1. The first-order valence-electron chi connectivity index (χ1n) is 8.42. The second-order valence-corrected chi connectivity index (χ2v) is 8.28. The van der Waals surface area contributed by atoms with Crippen molar-refractivity contribution in [1.82, 2.24) is 20.2 Å². The van der Waals surface area contributed by atoms with E-state index in [1.807, 2.05) is 29.8 Å². The lowest BCUT2D eigenvalue weighted by atomic mass is 10.2. The van der Waals surface area contributed by atoms with Crippen LogP contribution in [0.4, 0.5) is 5.69 Å². The second-order valence-electron chi connectivity index (χ2n) is 6.63. The molecule has 7 nitrogen and oxygen atoms in total. The number of aromatic nitrogens is 4. The molecule has 1 N–H and O–H groups in total. The van der Waals surface area contributed by atoms with Crippen LogP contribution in [0.2, 0.25) is 0 Å². The van der Waals surface area contributed by atoms with Crippen molar-refractivity contribution >= 4 is 15.7 Å². The first kappa shape index (κ1) is 16.7. The molecule has 1 fully saturated rings. The number of sulfonamides is 1. The minimum absolute atomic E-state index is 0.282. The van der Waals surface area contributed by atoms with Crippen molar-refractivity contribution in [3.05, 3.63) is 53.6 Å². The standard InChI is InChI=1S/C18H19N5O2S/c1-12-3-10-17(13(2)11-12)26(24,25)20-15-6-4-14(5-7-15)18-19-21-22-23(18)16-8-9-16/h3-7,10-11,16,20H,8-9H2,1-2H3. The predicted molar refractivity (Wildman–Crippen MR) is 98.2 cm³/mol. The highest BCUT2D eigenvalue weighted by atomic mass is 32.2. The molecule has 134 valence electrons. The summed E-state index contributed by atoms with van der Waals surface area (Å²) < 4.78 is 29.8. The molecule has 1 aliphatic rings. The highest BCUT2D eigenvalue weighted by molar-refractivity contribution is 7.92. The van der Waals surface area contributed by atoms with E-state index < -0.39 is 10.0 Å². The third-order valence-electron chi connectivity index (χ3n) is 4.40. The van der Waals surface area contributed by atoms with Gasteiger partial charge in [-0.3, -0.25) is 4.72 Å². The second kappa shape index (κ2) is 6.21. The van der Waals surface area contributed by atoms with E-state index in [-0.39, 0.29) is 4.90 Å². The highest BCUT2D eigenvalue weighted by Gasteiger charge is 2.28. The third kappa shape index (κ3) is 3.20. The molecule has 4 rings (SSSR count). The number of nitrogens with one attached hydrogen (secondary N) is 1. The molecule has 1 saturated carbocycles. The lowest BCUT2D eigenvalue weighted by Gasteiger charge is -2.11. The zero-order valence-electron chi connectivity index (χ0n) is 14.5. The lowest BCUT2D eigenvalue weighted by molar-refractivity contribution is 0.600. The number of aryl methyl sites for hydroxylation is 2. The molecule has 1 aromatic heterocycles. The smallest absolute Gasteiger partial charge is 0.262 e. The molecular weight excluding hydrogens is 350 g/mol. The zero-order chi connectivity index (χ0) is 18.3. The lowest BCUT2D eigenvalue weighted by Crippen LogP contribution is -2.14. The summed E-state index contributed by atoms with van der Waals surface area (Å²) in [4.78, 5) is 0.282. The van der Waals surface area contributed by atoms with Crippen molar-refractivity contribution in [2.45, 2.75) is 37.6 Å². The van der Waals surface area contributed by atoms with E-state index in [1.54, 1.807) is 31.2 Å². The SMILES string of the molecule is Cc1ccc(S(=O)(=O)Nc2ccc(-c3nnnn3C3CC3)cc2)c(C)c1. The number of hydrogen-bond acceptors (Lipinski definition) is 5. The highest BCUT2D eigenvalue weighted by Crippen LogP contribution is 2.36. The Labute approximate surface area is 152 Å². The Morgan fingerprint density at radius 2 is 1.81 bits per heavy atom. The van der Waals surface area contributed by atoms with Gasteiger partial charge in [-0.05, 0) is 73.0 Å². The quantitative estimate of drug-likeness (QED) is 0.746. The van der Waals surface area contributed by atoms with Crippen molar-refractivity contribution in [2.24, 2.45) is 0 Å². The number of benzene rings is 2. The maximum absolute atomic E-state index is 12.7. The Bertz CT molecular complexity index is 1050. The minimum atomic E-state index is -3.63. The van der Waals surface area contributed by atoms with E-state index >= 15 is 0 Å². The molecule has 1 heterocycles. The van der Waals surface area contributed by atoms with Gasteiger partial charge in [0.05, 0.1) is 10.9 Å². The summed E-state index contributed by atoms with van der Waals surface area (Å²) in [6.07, 6.45) is 2.18. The predicted octanol–water partition coefficient (Wildman–Crippen LogP) is 3.09. The fourth-order valence-electron chi connectivity index (χ4n) is 2.95. The van der Waals surface area contributed by atoms with E-state index in [0.717, 1.165) is 29.5 Å². The van der Waals surface area contributed by atoms with Gasteiger partial charge >= 0.3 is 0 Å². The fourth-order valence-corrected chi connectivity index (χ4v) is 4.23. The van der Waals surface area contributed by atoms with Crippen LogP contribution in [0.25, 0.3) is 11.4 Å². The van der Waals surface area contributed by atoms with E-state index in [0.29, 0.717) is 17.6 Å². The van der Waals surface area contributed by atoms with Gasteiger partial charge in [-0.2, -0.15) is 0 Å². The van der Waals surface area contributed by atoms with E-state index in [1.165, 1.54) is 0 Å². The summed E-state index contributed by atoms with van der Waals surface area (Å²) in [5.41, 5.74) is 3.10. The Kier molecular flexibility index (Phi) is 3.99. The first-order valence-corrected chi connectivity index (χ1v) is 9.91. The molecule has 2 aromatic carbocycles. The maximum Gasteiger partial charge on any atom is 0.262 e. The van der Waals surface area contributed by atoms with Gasteiger partial charge < -0.3 is 0 Å². The molecule has 0 atom stereocenters. The van der Waals surface area contributed by atoms with E-state index in [4.69, 9.17) is 0 Å². The summed E-state index contributed by atoms with van der Waals surface area (Å²) in [5, 5.41) is 11.9. The maximum atomic E-state index is 12.7. The molecule has 0 bridgehead atoms. The molecular formula is C18H19N5O2S. The van der Waals surface area contributed by atoms with Gasteiger partial charge in [0.15, 0.2) is 5.82 Å². The number of rotatable bonds is 5. The molecule has 0 spiro atoms. The van der Waals surface area contributed by atoms with Gasteiger partial charge in [-0.1, -0.05) is 17.7 Å². The average Bonchev–Trinajstić information content (AvgIpc) is 3.32. The number of anilines is 1. The van der Waals surface area contributed by atoms with E-state index in [2.05, 4.69) is 20.2 Å². The van der Waals surface area contributed by atoms with Crippen LogP contribution in [0.3, 0.4) is 0 Å². The van der Waals surface area contributed by atoms with Crippen LogP contribution in [0.1, 0.15) is 30.0 Å². The van der Waals surface area contributed by atoms with Crippen LogP contribution < -0.4 is 4.72 Å². The normalized spacial score (nSPS) is 14.4. The average molecular weight is 369 g/mol. The van der Waals surface area contributed by atoms with Crippen molar-refractivity contribution in [2.75, 3.05) is 4.72 Å². The van der Waals surface area contributed by atoms with Gasteiger partial charge in [0, 0.05) is 11.3 Å². The molecule has 1 aliphatic carbocycles. The summed E-state index contributed by atoms with van der Waals surface area (Å²) in [6, 6.07) is 12.8. The minimum Gasteiger partial charge on any atom is -0.280 e. The van der Waals surface area contributed by atoms with Gasteiger partial charge in [0.1, 0.15) is 0 Å². The molecule has 0 amide bonds. The summed E-state index contributed by atoms with van der Waals surface area (Å²) >= 11 is 0. The monoisotopic (exact) mass is 369 g/mol. The summed E-state index contributed by atoms with van der Waals surface area (Å²) in [7, 11) is -3.63. The fraction of sp³-hybridized carbons (Fsp3) is 0.278. The van der Waals surface area contributed by atoms with Gasteiger partial charge in [-0.15, -0.1) is 5.10 Å². The van der Waals surface area contributed by atoms with Crippen LogP contribution in [-0.4, -0.2) is 28.6 Å². The Morgan fingerprint density at radius 1 is 1.08 bits per heavy atom. The Balaban J connectivity index is 1.58. The van der Waals surface area contributed by atoms with Crippen LogP contribution >= 0.6 is 0 Å². The van der Waals surface area contributed by atoms with Gasteiger partial charge in [0.25, 0.3) is 10.0 Å². The molecule has 0 radical (unpaired) electrons. The molecule has 8 heteroatoms. The van der Waals surface area contributed by atoms with Crippen LogP contribution in [0.5, 0.6) is 0 Å². The number of nitrogens with zero attached hydrogens (tertiary/aromatic N) is 4.